The van der Waals surface area contributed by atoms with E-state index in [1.165, 1.54) is 5.56 Å². The number of aliphatic carboxylic acids is 1. The predicted molar refractivity (Wildman–Crippen MR) is 140 cm³/mol. The van der Waals surface area contributed by atoms with Crippen molar-refractivity contribution in [2.75, 3.05) is 44.7 Å². The Morgan fingerprint density at radius 1 is 1.18 bits per heavy atom. The van der Waals surface area contributed by atoms with E-state index in [2.05, 4.69) is 16.7 Å². The number of hydrogen-bond donors (Lipinski definition) is 3. The van der Waals surface area contributed by atoms with E-state index in [9.17, 15) is 27.9 Å². The summed E-state index contributed by atoms with van der Waals surface area (Å²) in [6.45, 7) is 4.61. The SMILES string of the molecule is CCC(CC)CC(=O)NC(CCN(CCCCc1ccc2c(n1)NCCC2)CCOCC(F)(F)F)C(=O)O. The van der Waals surface area contributed by atoms with Gasteiger partial charge in [-0.3, -0.25) is 4.79 Å². The van der Waals surface area contributed by atoms with Gasteiger partial charge in [0.1, 0.15) is 18.5 Å². The Hall–Kier alpha value is -2.40. The minimum absolute atomic E-state index is 0.115. The summed E-state index contributed by atoms with van der Waals surface area (Å²) in [6.07, 6.45) is 2.21. The fraction of sp³-hybridized carbons (Fsp3) is 0.741. The first-order valence-corrected chi connectivity index (χ1v) is 13.7. The molecule has 0 radical (unpaired) electrons. The number of nitrogens with zero attached hydrogens (tertiary/aromatic N) is 2. The number of carboxylic acids is 1. The van der Waals surface area contributed by atoms with Crippen molar-refractivity contribution in [3.8, 4) is 0 Å². The van der Waals surface area contributed by atoms with Crippen LogP contribution in [0.5, 0.6) is 0 Å². The molecule has 1 amide bonds. The van der Waals surface area contributed by atoms with Crippen LogP contribution in [0.4, 0.5) is 19.0 Å². The van der Waals surface area contributed by atoms with Crippen LogP contribution >= 0.6 is 0 Å². The second-order valence-electron chi connectivity index (χ2n) is 9.94. The first-order valence-electron chi connectivity index (χ1n) is 13.7. The Morgan fingerprint density at radius 2 is 1.95 bits per heavy atom. The number of unbranched alkanes of at least 4 members (excludes halogenated alkanes) is 1. The van der Waals surface area contributed by atoms with Crippen LogP contribution in [0.25, 0.3) is 0 Å². The number of carbonyl (C=O) groups excluding carboxylic acids is 1. The largest absolute Gasteiger partial charge is 0.480 e. The van der Waals surface area contributed by atoms with Crippen molar-refractivity contribution in [2.45, 2.75) is 83.9 Å². The molecule has 1 unspecified atom stereocenters. The van der Waals surface area contributed by atoms with E-state index in [1.54, 1.807) is 0 Å². The van der Waals surface area contributed by atoms with Crippen LogP contribution in [0.15, 0.2) is 12.1 Å². The topological polar surface area (TPSA) is 104 Å². The van der Waals surface area contributed by atoms with E-state index in [0.29, 0.717) is 13.1 Å². The number of halogens is 3. The molecule has 1 aromatic heterocycles. The summed E-state index contributed by atoms with van der Waals surface area (Å²) in [5, 5.41) is 15.6. The van der Waals surface area contributed by atoms with Gasteiger partial charge in [0.25, 0.3) is 0 Å². The summed E-state index contributed by atoms with van der Waals surface area (Å²) in [4.78, 5) is 30.7. The molecule has 8 nitrogen and oxygen atoms in total. The van der Waals surface area contributed by atoms with Crippen LogP contribution in [0.3, 0.4) is 0 Å². The summed E-state index contributed by atoms with van der Waals surface area (Å²) >= 11 is 0. The Bertz CT molecular complexity index is 865. The number of aromatic nitrogens is 1. The van der Waals surface area contributed by atoms with E-state index >= 15 is 0 Å². The number of ether oxygens (including phenoxy) is 1. The maximum Gasteiger partial charge on any atom is 0.411 e. The van der Waals surface area contributed by atoms with Gasteiger partial charge in [-0.05, 0) is 62.6 Å². The molecule has 0 spiro atoms. The zero-order valence-corrected chi connectivity index (χ0v) is 22.6. The molecule has 1 aromatic rings. The van der Waals surface area contributed by atoms with Gasteiger partial charge < -0.3 is 25.4 Å². The van der Waals surface area contributed by atoms with Gasteiger partial charge >= 0.3 is 12.1 Å². The lowest BCUT2D eigenvalue weighted by molar-refractivity contribution is -0.174. The summed E-state index contributed by atoms with van der Waals surface area (Å²) in [5.41, 5.74) is 2.22. The Kier molecular flexibility index (Phi) is 13.8. The average molecular weight is 545 g/mol. The van der Waals surface area contributed by atoms with Crippen molar-refractivity contribution in [3.05, 3.63) is 23.4 Å². The zero-order valence-electron chi connectivity index (χ0n) is 22.6. The van der Waals surface area contributed by atoms with Gasteiger partial charge in [0.05, 0.1) is 6.61 Å². The Balaban J connectivity index is 1.87. The van der Waals surface area contributed by atoms with Crippen LogP contribution in [0.2, 0.25) is 0 Å². The second-order valence-corrected chi connectivity index (χ2v) is 9.94. The van der Waals surface area contributed by atoms with E-state index in [1.807, 2.05) is 24.8 Å². The lowest BCUT2D eigenvalue weighted by Crippen LogP contribution is -2.44. The number of amides is 1. The molecule has 1 aliphatic heterocycles. The molecule has 1 aliphatic rings. The average Bonchev–Trinajstić information content (AvgIpc) is 2.88. The first kappa shape index (κ1) is 31.8. The van der Waals surface area contributed by atoms with Gasteiger partial charge in [-0.15, -0.1) is 0 Å². The molecular formula is C27H43F3N4O4. The van der Waals surface area contributed by atoms with Crippen molar-refractivity contribution in [3.63, 3.8) is 0 Å². The highest BCUT2D eigenvalue weighted by molar-refractivity contribution is 5.83. The minimum Gasteiger partial charge on any atom is -0.480 e. The highest BCUT2D eigenvalue weighted by atomic mass is 19.4. The monoisotopic (exact) mass is 544 g/mol. The molecule has 216 valence electrons. The molecule has 2 rings (SSSR count). The summed E-state index contributed by atoms with van der Waals surface area (Å²) in [6, 6.07) is 3.09. The smallest absolute Gasteiger partial charge is 0.411 e. The number of anilines is 1. The van der Waals surface area contributed by atoms with Gasteiger partial charge in [-0.2, -0.15) is 13.2 Å². The summed E-state index contributed by atoms with van der Waals surface area (Å²) in [7, 11) is 0. The summed E-state index contributed by atoms with van der Waals surface area (Å²) in [5.74, 6) is -0.267. The lowest BCUT2D eigenvalue weighted by Gasteiger charge is -2.25. The van der Waals surface area contributed by atoms with E-state index in [-0.39, 0.29) is 37.8 Å². The van der Waals surface area contributed by atoms with Crippen molar-refractivity contribution >= 4 is 17.7 Å². The van der Waals surface area contributed by atoms with Crippen LogP contribution < -0.4 is 10.6 Å². The number of nitrogens with one attached hydrogen (secondary N) is 2. The normalized spacial score (nSPS) is 14.3. The Morgan fingerprint density at radius 3 is 2.63 bits per heavy atom. The molecule has 0 bridgehead atoms. The number of alkyl halides is 3. The second kappa shape index (κ2) is 16.5. The lowest BCUT2D eigenvalue weighted by atomic mass is 9.99. The van der Waals surface area contributed by atoms with Crippen LogP contribution in [0, 0.1) is 5.92 Å². The third kappa shape index (κ3) is 12.4. The van der Waals surface area contributed by atoms with E-state index in [0.717, 1.165) is 63.0 Å². The van der Waals surface area contributed by atoms with Crippen molar-refractivity contribution in [1.29, 1.82) is 0 Å². The van der Waals surface area contributed by atoms with Gasteiger partial charge in [0, 0.05) is 31.7 Å². The maximum absolute atomic E-state index is 12.4. The van der Waals surface area contributed by atoms with Crippen molar-refractivity contribution < 1.29 is 32.6 Å². The van der Waals surface area contributed by atoms with Crippen LogP contribution in [0.1, 0.15) is 70.1 Å². The fourth-order valence-corrected chi connectivity index (χ4v) is 4.53. The van der Waals surface area contributed by atoms with E-state index in [4.69, 9.17) is 9.72 Å². The minimum atomic E-state index is -4.39. The molecule has 38 heavy (non-hydrogen) atoms. The highest BCUT2D eigenvalue weighted by Crippen LogP contribution is 2.20. The standard InChI is InChI=1S/C27H43F3N4O4/c1-3-20(4-2)18-24(35)33-23(26(36)37)12-15-34(16-17-38-19-27(28,29)30)14-6-5-9-22-11-10-21-8-7-13-31-25(21)32-22/h10-11,20,23H,3-9,12-19H2,1-2H3,(H,31,32)(H,33,35)(H,36,37). The number of carbonyl (C=O) groups is 2. The van der Waals surface area contributed by atoms with Crippen LogP contribution in [-0.2, 0) is 27.2 Å². The third-order valence-corrected chi connectivity index (χ3v) is 6.92. The van der Waals surface area contributed by atoms with Gasteiger partial charge in [0.15, 0.2) is 0 Å². The fourth-order valence-electron chi connectivity index (χ4n) is 4.53. The molecule has 0 aromatic carbocycles. The van der Waals surface area contributed by atoms with Gasteiger partial charge in [-0.25, -0.2) is 9.78 Å². The quantitative estimate of drug-likeness (QED) is 0.235. The molecule has 0 saturated heterocycles. The number of carboxylic acid groups (broad SMARTS) is 1. The number of aryl methyl sites for hydroxylation is 2. The molecule has 0 fully saturated rings. The number of rotatable bonds is 18. The zero-order chi connectivity index (χ0) is 28.0. The van der Waals surface area contributed by atoms with Gasteiger partial charge in [-0.1, -0.05) is 32.8 Å². The molecule has 0 aliphatic carbocycles. The molecular weight excluding hydrogens is 501 g/mol. The predicted octanol–water partition coefficient (Wildman–Crippen LogP) is 4.43. The molecule has 3 N–H and O–H groups in total. The number of fused-ring (bicyclic) bond motifs is 1. The van der Waals surface area contributed by atoms with Crippen molar-refractivity contribution in [2.24, 2.45) is 5.92 Å². The number of pyridine rings is 1. The molecule has 2 heterocycles. The van der Waals surface area contributed by atoms with E-state index < -0.39 is 24.8 Å². The number of hydrogen-bond acceptors (Lipinski definition) is 6. The third-order valence-electron chi connectivity index (χ3n) is 6.92. The molecule has 0 saturated carbocycles. The first-order chi connectivity index (χ1) is 18.1. The van der Waals surface area contributed by atoms with Gasteiger partial charge in [0.2, 0.25) is 5.91 Å². The molecule has 1 atom stereocenters. The Labute approximate surface area is 223 Å². The van der Waals surface area contributed by atoms with Crippen LogP contribution in [-0.4, -0.2) is 78.5 Å². The molecule has 11 heteroatoms. The maximum atomic E-state index is 12.4. The summed E-state index contributed by atoms with van der Waals surface area (Å²) < 4.78 is 42.1. The highest BCUT2D eigenvalue weighted by Gasteiger charge is 2.27. The van der Waals surface area contributed by atoms with Crippen molar-refractivity contribution in [1.82, 2.24) is 15.2 Å².